The fourth-order valence-corrected chi connectivity index (χ4v) is 2.69. The summed E-state index contributed by atoms with van der Waals surface area (Å²) in [4.78, 5) is 6.95. The fraction of sp³-hybridized carbons (Fsp3) is 0.700. The van der Waals surface area contributed by atoms with Gasteiger partial charge in [-0.1, -0.05) is 0 Å². The van der Waals surface area contributed by atoms with Gasteiger partial charge in [-0.05, 0) is 20.4 Å². The topological polar surface area (TPSA) is 28.2 Å². The van der Waals surface area contributed by atoms with Crippen molar-refractivity contribution in [2.24, 2.45) is 0 Å². The molecule has 78 valence electrons. The first kappa shape index (κ1) is 10.1. The summed E-state index contributed by atoms with van der Waals surface area (Å²) in [6.07, 6.45) is 1.26. The first-order valence-corrected chi connectivity index (χ1v) is 5.96. The Hall–Kier alpha value is -0.450. The van der Waals surface area contributed by atoms with Gasteiger partial charge in [-0.25, -0.2) is 4.98 Å². The average molecular weight is 211 g/mol. The molecule has 1 aliphatic rings. The quantitative estimate of drug-likeness (QED) is 0.815. The molecule has 1 unspecified atom stereocenters. The molecule has 0 aromatic carbocycles. The van der Waals surface area contributed by atoms with Crippen molar-refractivity contribution in [3.8, 4) is 0 Å². The molecule has 0 saturated carbocycles. The van der Waals surface area contributed by atoms with E-state index >= 15 is 0 Å². The van der Waals surface area contributed by atoms with Gasteiger partial charge in [-0.15, -0.1) is 11.3 Å². The molecule has 1 saturated heterocycles. The van der Waals surface area contributed by atoms with Crippen molar-refractivity contribution in [2.45, 2.75) is 25.9 Å². The second-order valence-electron chi connectivity index (χ2n) is 3.89. The summed E-state index contributed by atoms with van der Waals surface area (Å²) in [6, 6.07) is 0.677. The third-order valence-electron chi connectivity index (χ3n) is 2.71. The van der Waals surface area contributed by atoms with Crippen molar-refractivity contribution in [3.05, 3.63) is 16.1 Å². The largest absolute Gasteiger partial charge is 0.316 e. The SMILES string of the molecule is CNC1CCN(Cc2nc(C)cs2)C1. The number of nitrogens with one attached hydrogen (secondary N) is 1. The highest BCUT2D eigenvalue weighted by molar-refractivity contribution is 7.09. The Morgan fingerprint density at radius 1 is 1.71 bits per heavy atom. The monoisotopic (exact) mass is 211 g/mol. The highest BCUT2D eigenvalue weighted by Gasteiger charge is 2.21. The Labute approximate surface area is 89.1 Å². The highest BCUT2D eigenvalue weighted by Crippen LogP contribution is 2.15. The van der Waals surface area contributed by atoms with Crippen LogP contribution in [0.25, 0.3) is 0 Å². The van der Waals surface area contributed by atoms with Crippen molar-refractivity contribution in [1.29, 1.82) is 0 Å². The summed E-state index contributed by atoms with van der Waals surface area (Å²) >= 11 is 1.77. The van der Waals surface area contributed by atoms with E-state index in [0.717, 1.165) is 18.8 Å². The van der Waals surface area contributed by atoms with Gasteiger partial charge in [-0.3, -0.25) is 4.90 Å². The van der Waals surface area contributed by atoms with Gasteiger partial charge in [0.1, 0.15) is 5.01 Å². The Bertz CT molecular complexity index is 297. The number of rotatable bonds is 3. The van der Waals surface area contributed by atoms with E-state index in [4.69, 9.17) is 0 Å². The van der Waals surface area contributed by atoms with E-state index in [-0.39, 0.29) is 0 Å². The minimum atomic E-state index is 0.677. The summed E-state index contributed by atoms with van der Waals surface area (Å²) in [5.74, 6) is 0. The molecule has 0 bridgehead atoms. The Morgan fingerprint density at radius 3 is 3.14 bits per heavy atom. The second kappa shape index (κ2) is 4.38. The average Bonchev–Trinajstić information content (AvgIpc) is 2.76. The van der Waals surface area contributed by atoms with Gasteiger partial charge in [0.15, 0.2) is 0 Å². The minimum Gasteiger partial charge on any atom is -0.316 e. The number of likely N-dealkylation sites (N-methyl/N-ethyl adjacent to an activating group) is 1. The standard InChI is InChI=1S/C10H17N3S/c1-8-7-14-10(12-8)6-13-4-3-9(5-13)11-2/h7,9,11H,3-6H2,1-2H3. The lowest BCUT2D eigenvalue weighted by Crippen LogP contribution is -2.29. The second-order valence-corrected chi connectivity index (χ2v) is 4.83. The summed E-state index contributed by atoms with van der Waals surface area (Å²) in [5.41, 5.74) is 1.15. The summed E-state index contributed by atoms with van der Waals surface area (Å²) < 4.78 is 0. The van der Waals surface area contributed by atoms with Crippen LogP contribution in [0.1, 0.15) is 17.1 Å². The summed E-state index contributed by atoms with van der Waals surface area (Å²) in [6.45, 7) is 5.44. The lowest BCUT2D eigenvalue weighted by Gasteiger charge is -2.13. The molecular weight excluding hydrogens is 194 g/mol. The Morgan fingerprint density at radius 2 is 2.57 bits per heavy atom. The Balaban J connectivity index is 1.87. The first-order chi connectivity index (χ1) is 6.78. The molecule has 14 heavy (non-hydrogen) atoms. The van der Waals surface area contributed by atoms with Crippen LogP contribution in [0.5, 0.6) is 0 Å². The zero-order chi connectivity index (χ0) is 9.97. The van der Waals surface area contributed by atoms with Crippen molar-refractivity contribution in [1.82, 2.24) is 15.2 Å². The van der Waals surface area contributed by atoms with Crippen molar-refractivity contribution in [3.63, 3.8) is 0 Å². The van der Waals surface area contributed by atoms with E-state index in [9.17, 15) is 0 Å². The molecule has 1 N–H and O–H groups in total. The van der Waals surface area contributed by atoms with Crippen LogP contribution in [-0.4, -0.2) is 36.1 Å². The van der Waals surface area contributed by atoms with E-state index in [1.165, 1.54) is 18.0 Å². The van der Waals surface area contributed by atoms with E-state index in [0.29, 0.717) is 6.04 Å². The molecule has 1 atom stereocenters. The zero-order valence-electron chi connectivity index (χ0n) is 8.79. The molecule has 0 amide bonds. The van der Waals surface area contributed by atoms with Crippen LogP contribution in [0.2, 0.25) is 0 Å². The first-order valence-electron chi connectivity index (χ1n) is 5.08. The number of aromatic nitrogens is 1. The van der Waals surface area contributed by atoms with Crippen molar-refractivity contribution >= 4 is 11.3 Å². The van der Waals surface area contributed by atoms with Crippen molar-refractivity contribution < 1.29 is 0 Å². The molecular formula is C10H17N3S. The van der Waals surface area contributed by atoms with Crippen LogP contribution in [0.15, 0.2) is 5.38 Å². The van der Waals surface area contributed by atoms with Crippen LogP contribution in [-0.2, 0) is 6.54 Å². The molecule has 3 nitrogen and oxygen atoms in total. The van der Waals surface area contributed by atoms with E-state index in [1.807, 2.05) is 7.05 Å². The molecule has 1 aromatic heterocycles. The number of thiazole rings is 1. The third kappa shape index (κ3) is 2.32. The normalized spacial score (nSPS) is 23.1. The van der Waals surface area contributed by atoms with E-state index < -0.39 is 0 Å². The molecule has 4 heteroatoms. The van der Waals surface area contributed by atoms with Gasteiger partial charge in [0.2, 0.25) is 0 Å². The smallest absolute Gasteiger partial charge is 0.107 e. The molecule has 1 fully saturated rings. The van der Waals surface area contributed by atoms with Crippen LogP contribution in [0.4, 0.5) is 0 Å². The van der Waals surface area contributed by atoms with E-state index in [2.05, 4.69) is 27.5 Å². The molecule has 0 radical (unpaired) electrons. The van der Waals surface area contributed by atoms with Crippen LogP contribution < -0.4 is 5.32 Å². The fourth-order valence-electron chi connectivity index (χ4n) is 1.88. The maximum absolute atomic E-state index is 4.48. The van der Waals surface area contributed by atoms with E-state index in [1.54, 1.807) is 11.3 Å². The lowest BCUT2D eigenvalue weighted by molar-refractivity contribution is 0.322. The van der Waals surface area contributed by atoms with Crippen LogP contribution >= 0.6 is 11.3 Å². The minimum absolute atomic E-state index is 0.677. The zero-order valence-corrected chi connectivity index (χ0v) is 9.60. The molecule has 2 rings (SSSR count). The summed E-state index contributed by atoms with van der Waals surface area (Å²) in [7, 11) is 2.04. The molecule has 1 aliphatic heterocycles. The number of hydrogen-bond donors (Lipinski definition) is 1. The van der Waals surface area contributed by atoms with Gasteiger partial charge >= 0.3 is 0 Å². The predicted molar refractivity (Wildman–Crippen MR) is 59.6 cm³/mol. The Kier molecular flexibility index (Phi) is 3.15. The maximum atomic E-state index is 4.48. The molecule has 2 heterocycles. The number of aryl methyl sites for hydroxylation is 1. The van der Waals surface area contributed by atoms with Gasteiger partial charge in [0.25, 0.3) is 0 Å². The lowest BCUT2D eigenvalue weighted by atomic mass is 10.3. The number of hydrogen-bond acceptors (Lipinski definition) is 4. The highest BCUT2D eigenvalue weighted by atomic mass is 32.1. The number of nitrogens with zero attached hydrogens (tertiary/aromatic N) is 2. The number of likely N-dealkylation sites (tertiary alicyclic amines) is 1. The molecule has 1 aromatic rings. The van der Waals surface area contributed by atoms with Gasteiger partial charge in [0.05, 0.1) is 6.54 Å². The molecule has 0 spiro atoms. The predicted octanol–water partition coefficient (Wildman–Crippen LogP) is 1.25. The summed E-state index contributed by atoms with van der Waals surface area (Å²) in [5, 5.41) is 6.70. The third-order valence-corrected chi connectivity index (χ3v) is 3.66. The van der Waals surface area contributed by atoms with Crippen LogP contribution in [0, 0.1) is 6.92 Å². The maximum Gasteiger partial charge on any atom is 0.107 e. The van der Waals surface area contributed by atoms with Crippen molar-refractivity contribution in [2.75, 3.05) is 20.1 Å². The molecule has 0 aliphatic carbocycles. The van der Waals surface area contributed by atoms with Gasteiger partial charge in [0, 0.05) is 30.2 Å². The van der Waals surface area contributed by atoms with Gasteiger partial charge in [-0.2, -0.15) is 0 Å². The van der Waals surface area contributed by atoms with Crippen LogP contribution in [0.3, 0.4) is 0 Å². The van der Waals surface area contributed by atoms with Gasteiger partial charge < -0.3 is 5.32 Å².